The number of hydrogen-bond acceptors (Lipinski definition) is 2. The van der Waals surface area contributed by atoms with Crippen molar-refractivity contribution in [3.8, 4) is 0 Å². The zero-order chi connectivity index (χ0) is 7.56. The van der Waals surface area contributed by atoms with Crippen molar-refractivity contribution in [3.05, 3.63) is 17.7 Å². The van der Waals surface area contributed by atoms with Gasteiger partial charge in [-0.1, -0.05) is 6.92 Å². The quantitative estimate of drug-likeness (QED) is 0.646. The van der Waals surface area contributed by atoms with E-state index in [1.807, 2.05) is 17.8 Å². The molecule has 0 saturated carbocycles. The lowest BCUT2D eigenvalue weighted by Crippen LogP contribution is -2.03. The number of aromatic nitrogens is 2. The summed E-state index contributed by atoms with van der Waals surface area (Å²) in [6.07, 6.45) is 3.00. The second kappa shape index (κ2) is 2.84. The van der Waals surface area contributed by atoms with Gasteiger partial charge in [0.25, 0.3) is 0 Å². The van der Waals surface area contributed by atoms with Gasteiger partial charge < -0.3 is 10.3 Å². The van der Waals surface area contributed by atoms with Crippen LogP contribution >= 0.6 is 0 Å². The molecule has 2 N–H and O–H groups in total. The van der Waals surface area contributed by atoms with Crippen LogP contribution in [0.1, 0.15) is 18.4 Å². The summed E-state index contributed by atoms with van der Waals surface area (Å²) in [6, 6.07) is 0. The summed E-state index contributed by atoms with van der Waals surface area (Å²) >= 11 is 0. The Balaban J connectivity index is 2.92. The molecular weight excluding hydrogens is 126 g/mol. The number of nitrogens with zero attached hydrogens (tertiary/aromatic N) is 2. The van der Waals surface area contributed by atoms with Crippen LogP contribution in [0.25, 0.3) is 0 Å². The SMILES string of the molecule is CCc1cn(C)c(CN)n1. The maximum Gasteiger partial charge on any atom is 0.122 e. The van der Waals surface area contributed by atoms with Crippen LogP contribution in [0.2, 0.25) is 0 Å². The van der Waals surface area contributed by atoms with Gasteiger partial charge in [0, 0.05) is 13.2 Å². The van der Waals surface area contributed by atoms with E-state index in [4.69, 9.17) is 5.73 Å². The molecular formula is C7H13N3. The van der Waals surface area contributed by atoms with E-state index in [9.17, 15) is 0 Å². The normalized spacial score (nSPS) is 10.3. The Morgan fingerprint density at radius 3 is 2.70 bits per heavy atom. The van der Waals surface area contributed by atoms with Crippen LogP contribution in [0.15, 0.2) is 6.20 Å². The zero-order valence-electron chi connectivity index (χ0n) is 6.46. The smallest absolute Gasteiger partial charge is 0.122 e. The van der Waals surface area contributed by atoms with Crippen LogP contribution < -0.4 is 5.73 Å². The molecule has 0 spiro atoms. The molecule has 1 heterocycles. The topological polar surface area (TPSA) is 43.8 Å². The minimum atomic E-state index is 0.524. The molecule has 0 aliphatic rings. The number of rotatable bonds is 2. The summed E-state index contributed by atoms with van der Waals surface area (Å²) in [6.45, 7) is 2.61. The summed E-state index contributed by atoms with van der Waals surface area (Å²) in [5, 5.41) is 0. The molecule has 1 aromatic rings. The molecule has 0 amide bonds. The molecule has 0 aliphatic carbocycles. The molecule has 1 aromatic heterocycles. The maximum atomic E-state index is 5.44. The van der Waals surface area contributed by atoms with E-state index in [2.05, 4.69) is 11.9 Å². The van der Waals surface area contributed by atoms with Gasteiger partial charge in [0.1, 0.15) is 5.82 Å². The van der Waals surface area contributed by atoms with E-state index in [0.717, 1.165) is 17.9 Å². The van der Waals surface area contributed by atoms with Gasteiger partial charge in [-0.3, -0.25) is 0 Å². The Morgan fingerprint density at radius 1 is 1.70 bits per heavy atom. The molecule has 0 atom stereocenters. The summed E-state index contributed by atoms with van der Waals surface area (Å²) < 4.78 is 1.97. The Morgan fingerprint density at radius 2 is 2.40 bits per heavy atom. The van der Waals surface area contributed by atoms with Crippen molar-refractivity contribution in [2.75, 3.05) is 0 Å². The second-order valence-corrected chi connectivity index (χ2v) is 2.32. The predicted molar refractivity (Wildman–Crippen MR) is 40.5 cm³/mol. The second-order valence-electron chi connectivity index (χ2n) is 2.32. The van der Waals surface area contributed by atoms with Gasteiger partial charge in [-0.05, 0) is 6.42 Å². The molecule has 0 radical (unpaired) electrons. The van der Waals surface area contributed by atoms with Crippen LogP contribution in [0, 0.1) is 0 Å². The first kappa shape index (κ1) is 7.28. The number of nitrogens with two attached hydrogens (primary N) is 1. The standard InChI is InChI=1S/C7H13N3/c1-3-6-5-10(2)7(4-8)9-6/h5H,3-4,8H2,1-2H3. The Hall–Kier alpha value is -0.830. The molecule has 3 nitrogen and oxygen atoms in total. The van der Waals surface area contributed by atoms with Gasteiger partial charge in [0.15, 0.2) is 0 Å². The van der Waals surface area contributed by atoms with Crippen molar-refractivity contribution in [2.45, 2.75) is 19.9 Å². The molecule has 10 heavy (non-hydrogen) atoms. The highest BCUT2D eigenvalue weighted by Crippen LogP contribution is 2.00. The fourth-order valence-electron chi connectivity index (χ4n) is 0.932. The predicted octanol–water partition coefficient (Wildman–Crippen LogP) is 0.441. The minimum Gasteiger partial charge on any atom is -0.337 e. The molecule has 0 bridgehead atoms. The average molecular weight is 139 g/mol. The van der Waals surface area contributed by atoms with Gasteiger partial charge in [-0.15, -0.1) is 0 Å². The molecule has 0 saturated heterocycles. The maximum absolute atomic E-state index is 5.44. The lowest BCUT2D eigenvalue weighted by atomic mass is 10.4. The Bertz CT molecular complexity index is 215. The molecule has 0 unspecified atom stereocenters. The average Bonchev–Trinajstić information content (AvgIpc) is 2.30. The van der Waals surface area contributed by atoms with Crippen LogP contribution in [0.5, 0.6) is 0 Å². The molecule has 56 valence electrons. The Labute approximate surface area is 60.9 Å². The highest BCUT2D eigenvalue weighted by molar-refractivity contribution is 5.02. The summed E-state index contributed by atoms with van der Waals surface area (Å²) in [7, 11) is 1.97. The third-order valence-electron chi connectivity index (χ3n) is 1.57. The van der Waals surface area contributed by atoms with Gasteiger partial charge in [-0.2, -0.15) is 0 Å². The van der Waals surface area contributed by atoms with Crippen molar-refractivity contribution >= 4 is 0 Å². The van der Waals surface area contributed by atoms with Crippen LogP contribution in [-0.4, -0.2) is 9.55 Å². The monoisotopic (exact) mass is 139 g/mol. The van der Waals surface area contributed by atoms with E-state index in [0.29, 0.717) is 6.54 Å². The van der Waals surface area contributed by atoms with Crippen molar-refractivity contribution in [3.63, 3.8) is 0 Å². The molecule has 0 aliphatic heterocycles. The van der Waals surface area contributed by atoms with Crippen LogP contribution in [0.4, 0.5) is 0 Å². The first-order valence-corrected chi connectivity index (χ1v) is 3.49. The number of aryl methyl sites for hydroxylation is 2. The van der Waals surface area contributed by atoms with Crippen molar-refractivity contribution < 1.29 is 0 Å². The lowest BCUT2D eigenvalue weighted by Gasteiger charge is -1.92. The van der Waals surface area contributed by atoms with E-state index in [1.54, 1.807) is 0 Å². The first-order valence-electron chi connectivity index (χ1n) is 3.49. The minimum absolute atomic E-state index is 0.524. The van der Waals surface area contributed by atoms with Crippen molar-refractivity contribution in [1.29, 1.82) is 0 Å². The summed E-state index contributed by atoms with van der Waals surface area (Å²) in [5.74, 6) is 0.955. The third-order valence-corrected chi connectivity index (χ3v) is 1.57. The van der Waals surface area contributed by atoms with Gasteiger partial charge in [0.2, 0.25) is 0 Å². The molecule has 0 fully saturated rings. The highest BCUT2D eigenvalue weighted by atomic mass is 15.1. The van der Waals surface area contributed by atoms with E-state index in [-0.39, 0.29) is 0 Å². The van der Waals surface area contributed by atoms with Crippen molar-refractivity contribution in [2.24, 2.45) is 12.8 Å². The van der Waals surface area contributed by atoms with Gasteiger partial charge in [-0.25, -0.2) is 4.98 Å². The summed E-state index contributed by atoms with van der Waals surface area (Å²) in [5.41, 5.74) is 6.55. The Kier molecular flexibility index (Phi) is 2.06. The third kappa shape index (κ3) is 1.19. The summed E-state index contributed by atoms with van der Waals surface area (Å²) in [4.78, 5) is 4.28. The first-order chi connectivity index (χ1) is 4.77. The van der Waals surface area contributed by atoms with Gasteiger partial charge >= 0.3 is 0 Å². The number of hydrogen-bond donors (Lipinski definition) is 1. The lowest BCUT2D eigenvalue weighted by molar-refractivity contribution is 0.793. The van der Waals surface area contributed by atoms with E-state index >= 15 is 0 Å². The van der Waals surface area contributed by atoms with Crippen LogP contribution in [-0.2, 0) is 20.0 Å². The van der Waals surface area contributed by atoms with Gasteiger partial charge in [0.05, 0.1) is 12.2 Å². The van der Waals surface area contributed by atoms with Crippen LogP contribution in [0.3, 0.4) is 0 Å². The van der Waals surface area contributed by atoms with Crippen molar-refractivity contribution in [1.82, 2.24) is 9.55 Å². The van der Waals surface area contributed by atoms with E-state index < -0.39 is 0 Å². The highest BCUT2D eigenvalue weighted by Gasteiger charge is 1.99. The molecule has 1 rings (SSSR count). The van der Waals surface area contributed by atoms with E-state index in [1.165, 1.54) is 0 Å². The fourth-order valence-corrected chi connectivity index (χ4v) is 0.932. The number of imidazole rings is 1. The molecule has 3 heteroatoms. The fraction of sp³-hybridized carbons (Fsp3) is 0.571. The largest absolute Gasteiger partial charge is 0.337 e. The molecule has 0 aromatic carbocycles. The zero-order valence-corrected chi connectivity index (χ0v) is 6.46.